The quantitative estimate of drug-likeness (QED) is 0.170. The second kappa shape index (κ2) is 16.2. The fraction of sp³-hybridized carbons (Fsp3) is 0.571. The molecular formula is C28H40FN4O12P2+. The number of hydrogen-bond donors (Lipinski definition) is 3. The number of benzene rings is 1. The topological polar surface area (TPSA) is 203 Å². The van der Waals surface area contributed by atoms with E-state index in [2.05, 4.69) is 10.2 Å². The summed E-state index contributed by atoms with van der Waals surface area (Å²) in [7, 11) is -7.50. The van der Waals surface area contributed by atoms with Crippen molar-refractivity contribution in [3.8, 4) is 5.75 Å². The molecular weight excluding hydrogens is 665 g/mol. The molecule has 1 aliphatic rings. The summed E-state index contributed by atoms with van der Waals surface area (Å²) in [4.78, 5) is 51.1. The maximum Gasteiger partial charge on any atom is 0.613 e. The number of aromatic nitrogens is 2. The number of alkyl halides is 1. The highest BCUT2D eigenvalue weighted by Crippen LogP contribution is 2.53. The van der Waals surface area contributed by atoms with E-state index in [4.69, 9.17) is 27.8 Å². The summed E-state index contributed by atoms with van der Waals surface area (Å²) in [5, 5.41) is 4.88. The number of halogens is 1. The van der Waals surface area contributed by atoms with Gasteiger partial charge in [-0.2, -0.15) is 5.09 Å². The van der Waals surface area contributed by atoms with Gasteiger partial charge >= 0.3 is 33.6 Å². The Morgan fingerprint density at radius 3 is 2.21 bits per heavy atom. The minimum Gasteiger partial charge on any atom is -0.462 e. The molecule has 2 aromatic rings. The van der Waals surface area contributed by atoms with Crippen LogP contribution in [0.15, 0.2) is 52.2 Å². The van der Waals surface area contributed by atoms with Crippen molar-refractivity contribution in [2.75, 3.05) is 6.61 Å². The van der Waals surface area contributed by atoms with Crippen LogP contribution in [0.1, 0.15) is 54.7 Å². The Kier molecular flexibility index (Phi) is 13.2. The maximum atomic E-state index is 16.9. The molecule has 0 saturated carbocycles. The van der Waals surface area contributed by atoms with Gasteiger partial charge in [0.2, 0.25) is 0 Å². The molecule has 3 rings (SSSR count). The summed E-state index contributed by atoms with van der Waals surface area (Å²) >= 11 is 0. The van der Waals surface area contributed by atoms with Crippen molar-refractivity contribution in [2.45, 2.75) is 96.9 Å². The molecule has 0 radical (unpaired) electrons. The van der Waals surface area contributed by atoms with Gasteiger partial charge < -0.3 is 18.7 Å². The van der Waals surface area contributed by atoms with Crippen LogP contribution < -0.4 is 25.9 Å². The van der Waals surface area contributed by atoms with Crippen LogP contribution in [0.2, 0.25) is 0 Å². The Bertz CT molecular complexity index is 1570. The number of hydrogen-bond acceptors (Lipinski definition) is 12. The fourth-order valence-electron chi connectivity index (χ4n) is 4.32. The van der Waals surface area contributed by atoms with Gasteiger partial charge in [-0.15, -0.1) is 4.52 Å². The molecule has 0 bridgehead atoms. The number of esters is 2. The first kappa shape index (κ1) is 38.2. The van der Waals surface area contributed by atoms with Crippen LogP contribution in [-0.2, 0) is 42.0 Å². The van der Waals surface area contributed by atoms with Gasteiger partial charge in [-0.05, 0) is 65.2 Å². The lowest BCUT2D eigenvalue weighted by molar-refractivity contribution is -0.149. The van der Waals surface area contributed by atoms with Gasteiger partial charge in [0.25, 0.3) is 5.56 Å². The Hall–Kier alpha value is -3.30. The highest BCUT2D eigenvalue weighted by Gasteiger charge is 2.60. The van der Waals surface area contributed by atoms with Gasteiger partial charge in [-0.1, -0.05) is 23.3 Å². The second-order valence-electron chi connectivity index (χ2n) is 11.3. The number of para-hydroxylation sites is 1. The molecule has 1 aliphatic heterocycles. The third-order valence-electron chi connectivity index (χ3n) is 6.42. The van der Waals surface area contributed by atoms with Gasteiger partial charge in [0.05, 0.1) is 12.2 Å². The summed E-state index contributed by atoms with van der Waals surface area (Å²) < 4.78 is 77.6. The Labute approximate surface area is 271 Å². The lowest BCUT2D eigenvalue weighted by Crippen LogP contribution is -2.46. The zero-order valence-electron chi connectivity index (χ0n) is 26.9. The van der Waals surface area contributed by atoms with Crippen LogP contribution >= 0.6 is 15.9 Å². The molecule has 8 atom stereocenters. The van der Waals surface area contributed by atoms with E-state index in [1.807, 2.05) is 4.98 Å². The van der Waals surface area contributed by atoms with E-state index in [0.717, 1.165) is 23.8 Å². The third-order valence-corrected chi connectivity index (χ3v) is 9.06. The monoisotopic (exact) mass is 705 g/mol. The summed E-state index contributed by atoms with van der Waals surface area (Å²) in [6.07, 6.45) is -5.14. The molecule has 0 spiro atoms. The van der Waals surface area contributed by atoms with Gasteiger partial charge in [0.15, 0.2) is 11.9 Å². The summed E-state index contributed by atoms with van der Waals surface area (Å²) in [5.41, 5.74) is -4.48. The second-order valence-corrected chi connectivity index (χ2v) is 14.0. The lowest BCUT2D eigenvalue weighted by Gasteiger charge is -2.31. The van der Waals surface area contributed by atoms with E-state index >= 15 is 4.39 Å². The molecule has 1 saturated heterocycles. The Morgan fingerprint density at radius 1 is 1.04 bits per heavy atom. The normalized spacial score (nSPS) is 24.0. The summed E-state index contributed by atoms with van der Waals surface area (Å²) in [5.74, 6) is -1.48. The first-order valence-corrected chi connectivity index (χ1v) is 17.4. The predicted octanol–water partition coefficient (Wildman–Crippen LogP) is 3.27. The van der Waals surface area contributed by atoms with E-state index in [9.17, 15) is 28.3 Å². The Morgan fingerprint density at radius 2 is 1.64 bits per heavy atom. The number of carbonyl (C=O) groups excluding carboxylic acids is 2. The summed E-state index contributed by atoms with van der Waals surface area (Å²) in [6, 6.07) is 6.34. The molecule has 1 aromatic heterocycles. The first-order valence-electron chi connectivity index (χ1n) is 14.7. The van der Waals surface area contributed by atoms with Crippen LogP contribution in [-0.4, -0.2) is 70.3 Å². The average Bonchev–Trinajstić information content (AvgIpc) is 3.20. The molecule has 1 fully saturated rings. The van der Waals surface area contributed by atoms with Gasteiger partial charge in [-0.25, -0.2) is 13.8 Å². The number of nitrogens with one attached hydrogen (secondary N) is 3. The van der Waals surface area contributed by atoms with Crippen molar-refractivity contribution in [3.05, 3.63) is 63.4 Å². The minimum absolute atomic E-state index is 0.0305. The molecule has 260 valence electrons. The van der Waals surface area contributed by atoms with Crippen molar-refractivity contribution in [1.82, 2.24) is 19.7 Å². The standard InChI is InChI=1S/C28H39FN4O12P2/c1-16(2)41-24(35)18(5)31-46(38)40-15-21-23(28(7,29)26(43-21)33-14-13-22(34)30-27(33)37)45-47(39,44-20-11-9-8-10-12-20)32-19(6)25(36)42-17(3)4/h8-14,16-19,21,23,26H,15H2,1-7H3,(H2-,30,31,32,34,37,38,39)/p+1/t18-,19-,21+,23+,26+,28+,47?/m0/s1. The highest BCUT2D eigenvalue weighted by molar-refractivity contribution is 7.52. The third kappa shape index (κ3) is 10.6. The number of rotatable bonds is 16. The number of H-pyrrole nitrogens is 1. The Balaban J connectivity index is 1.96. The maximum absolute atomic E-state index is 16.9. The fourth-order valence-corrected chi connectivity index (χ4v) is 6.87. The van der Waals surface area contributed by atoms with Crippen LogP contribution in [0, 0.1) is 0 Å². The van der Waals surface area contributed by atoms with E-state index in [-0.39, 0.29) is 5.75 Å². The van der Waals surface area contributed by atoms with Crippen molar-refractivity contribution in [1.29, 1.82) is 0 Å². The molecule has 0 amide bonds. The van der Waals surface area contributed by atoms with Gasteiger partial charge in [-0.3, -0.25) is 28.5 Å². The molecule has 2 unspecified atom stereocenters. The van der Waals surface area contributed by atoms with Crippen molar-refractivity contribution < 1.29 is 50.9 Å². The SMILES string of the molecule is CC(C)OC(=O)[C@H](C)N[P+](=O)OC[C@H]1O[C@@H](n2ccc(=O)[nH]c2=O)[C@](C)(F)[C@@H]1OP(=O)(N[C@@H](C)C(=O)OC(C)C)Oc1ccccc1. The van der Waals surface area contributed by atoms with Gasteiger partial charge in [0, 0.05) is 12.3 Å². The van der Waals surface area contributed by atoms with Crippen molar-refractivity contribution in [3.63, 3.8) is 0 Å². The summed E-state index contributed by atoms with van der Waals surface area (Å²) in [6.45, 7) is 9.55. The average molecular weight is 706 g/mol. The molecule has 3 N–H and O–H groups in total. The zero-order chi connectivity index (χ0) is 35.1. The molecule has 2 heterocycles. The van der Waals surface area contributed by atoms with Gasteiger partial charge in [0.1, 0.15) is 36.6 Å². The minimum atomic E-state index is -4.72. The zero-order valence-corrected chi connectivity index (χ0v) is 28.7. The number of carbonyl (C=O) groups is 2. The molecule has 47 heavy (non-hydrogen) atoms. The smallest absolute Gasteiger partial charge is 0.462 e. The van der Waals surface area contributed by atoms with Crippen LogP contribution in [0.5, 0.6) is 5.75 Å². The number of ether oxygens (including phenoxy) is 3. The molecule has 1 aromatic carbocycles. The molecule has 0 aliphatic carbocycles. The van der Waals surface area contributed by atoms with Crippen molar-refractivity contribution >= 4 is 27.9 Å². The first-order chi connectivity index (χ1) is 21.9. The van der Waals surface area contributed by atoms with Crippen LogP contribution in [0.4, 0.5) is 4.39 Å². The van der Waals surface area contributed by atoms with Crippen LogP contribution in [0.25, 0.3) is 0 Å². The number of aromatic amines is 1. The predicted molar refractivity (Wildman–Crippen MR) is 166 cm³/mol. The molecule has 19 heteroatoms. The van der Waals surface area contributed by atoms with E-state index in [0.29, 0.717) is 0 Å². The van der Waals surface area contributed by atoms with E-state index < -0.39 is 94.1 Å². The highest BCUT2D eigenvalue weighted by atomic mass is 31.2. The van der Waals surface area contributed by atoms with Crippen molar-refractivity contribution in [2.24, 2.45) is 0 Å². The molecule has 16 nitrogen and oxygen atoms in total. The van der Waals surface area contributed by atoms with E-state index in [1.165, 1.54) is 26.0 Å². The lowest BCUT2D eigenvalue weighted by atomic mass is 9.98. The number of nitrogens with zero attached hydrogens (tertiary/aromatic N) is 1. The largest absolute Gasteiger partial charge is 0.613 e. The van der Waals surface area contributed by atoms with Crippen LogP contribution in [0.3, 0.4) is 0 Å². The van der Waals surface area contributed by atoms with E-state index in [1.54, 1.807) is 45.9 Å².